The van der Waals surface area contributed by atoms with Crippen molar-refractivity contribution in [2.75, 3.05) is 0 Å². The first-order chi connectivity index (χ1) is 9.76. The minimum absolute atomic E-state index is 0.808. The maximum atomic E-state index is 4.41. The fourth-order valence-electron chi connectivity index (χ4n) is 2.28. The quantitative estimate of drug-likeness (QED) is 0.784. The lowest BCUT2D eigenvalue weighted by Crippen LogP contribution is -2.13. The SMILES string of the molecule is CCc1ccsc1CNCc1cnc2cc(C)nn2c1. The maximum Gasteiger partial charge on any atom is 0.155 e. The Balaban J connectivity index is 1.65. The van der Waals surface area contributed by atoms with Crippen LogP contribution in [0.15, 0.2) is 29.9 Å². The molecule has 20 heavy (non-hydrogen) atoms. The summed E-state index contributed by atoms with van der Waals surface area (Å²) in [7, 11) is 0. The molecule has 3 aromatic rings. The molecule has 3 aromatic heterocycles. The van der Waals surface area contributed by atoms with E-state index < -0.39 is 0 Å². The molecule has 0 atom stereocenters. The van der Waals surface area contributed by atoms with Crippen LogP contribution in [0.4, 0.5) is 0 Å². The molecule has 1 N–H and O–H groups in total. The minimum atomic E-state index is 0.808. The van der Waals surface area contributed by atoms with Gasteiger partial charge in [-0.25, -0.2) is 9.50 Å². The standard InChI is InChI=1S/C15H18N4S/c1-3-13-4-5-20-14(13)9-16-7-12-8-17-15-6-11(2)18-19(15)10-12/h4-6,8,10,16H,3,7,9H2,1-2H3. The van der Waals surface area contributed by atoms with E-state index in [0.717, 1.165) is 36.4 Å². The Morgan fingerprint density at radius 1 is 1.35 bits per heavy atom. The number of rotatable bonds is 5. The Kier molecular flexibility index (Phi) is 3.80. The van der Waals surface area contributed by atoms with E-state index in [-0.39, 0.29) is 0 Å². The van der Waals surface area contributed by atoms with Gasteiger partial charge in [-0.15, -0.1) is 11.3 Å². The van der Waals surface area contributed by atoms with Gasteiger partial charge in [-0.2, -0.15) is 5.10 Å². The predicted octanol–water partition coefficient (Wildman–Crippen LogP) is 2.95. The zero-order valence-corrected chi connectivity index (χ0v) is 12.6. The second kappa shape index (κ2) is 5.73. The van der Waals surface area contributed by atoms with E-state index in [9.17, 15) is 0 Å². The topological polar surface area (TPSA) is 42.2 Å². The highest BCUT2D eigenvalue weighted by molar-refractivity contribution is 7.10. The molecule has 0 aliphatic heterocycles. The lowest BCUT2D eigenvalue weighted by atomic mass is 10.2. The molecule has 0 saturated heterocycles. The van der Waals surface area contributed by atoms with Crippen molar-refractivity contribution in [3.63, 3.8) is 0 Å². The van der Waals surface area contributed by atoms with Crippen LogP contribution in [-0.2, 0) is 19.5 Å². The lowest BCUT2D eigenvalue weighted by molar-refractivity contribution is 0.689. The van der Waals surface area contributed by atoms with Crippen molar-refractivity contribution in [1.82, 2.24) is 19.9 Å². The van der Waals surface area contributed by atoms with E-state index >= 15 is 0 Å². The first-order valence-corrected chi connectivity index (χ1v) is 7.71. The third-order valence-electron chi connectivity index (χ3n) is 3.32. The number of fused-ring (bicyclic) bond motifs is 1. The molecule has 0 spiro atoms. The van der Waals surface area contributed by atoms with Crippen LogP contribution in [-0.4, -0.2) is 14.6 Å². The molecule has 0 bridgehead atoms. The van der Waals surface area contributed by atoms with Crippen LogP contribution < -0.4 is 5.32 Å². The van der Waals surface area contributed by atoms with Gasteiger partial charge in [-0.05, 0) is 30.4 Å². The van der Waals surface area contributed by atoms with E-state index in [0.29, 0.717) is 0 Å². The van der Waals surface area contributed by atoms with E-state index in [4.69, 9.17) is 0 Å². The van der Waals surface area contributed by atoms with Gasteiger partial charge in [0.25, 0.3) is 0 Å². The van der Waals surface area contributed by atoms with Crippen molar-refractivity contribution >= 4 is 17.0 Å². The largest absolute Gasteiger partial charge is 0.308 e. The number of nitrogens with one attached hydrogen (secondary N) is 1. The average molecular weight is 286 g/mol. The van der Waals surface area contributed by atoms with Crippen molar-refractivity contribution in [2.24, 2.45) is 0 Å². The number of aryl methyl sites for hydroxylation is 2. The number of hydrogen-bond acceptors (Lipinski definition) is 4. The van der Waals surface area contributed by atoms with Gasteiger partial charge in [0.15, 0.2) is 5.65 Å². The van der Waals surface area contributed by atoms with E-state index in [1.807, 2.05) is 41.2 Å². The monoisotopic (exact) mass is 286 g/mol. The summed E-state index contributed by atoms with van der Waals surface area (Å²) in [6.07, 6.45) is 5.05. The predicted molar refractivity (Wildman–Crippen MR) is 82.0 cm³/mol. The third-order valence-corrected chi connectivity index (χ3v) is 4.29. The molecular formula is C15H18N4S. The molecule has 0 aliphatic carbocycles. The van der Waals surface area contributed by atoms with Gasteiger partial charge in [0.05, 0.1) is 5.69 Å². The van der Waals surface area contributed by atoms with Gasteiger partial charge >= 0.3 is 0 Å². The van der Waals surface area contributed by atoms with Crippen molar-refractivity contribution in [3.05, 3.63) is 51.6 Å². The van der Waals surface area contributed by atoms with Crippen LogP contribution in [0, 0.1) is 6.92 Å². The Morgan fingerprint density at radius 2 is 2.25 bits per heavy atom. The molecule has 0 saturated carbocycles. The first-order valence-electron chi connectivity index (χ1n) is 6.83. The molecule has 0 aromatic carbocycles. The van der Waals surface area contributed by atoms with Crippen LogP contribution in [0.2, 0.25) is 0 Å². The molecule has 0 aliphatic rings. The van der Waals surface area contributed by atoms with Crippen LogP contribution in [0.1, 0.15) is 28.6 Å². The average Bonchev–Trinajstić information content (AvgIpc) is 3.03. The first kappa shape index (κ1) is 13.3. The highest BCUT2D eigenvalue weighted by Crippen LogP contribution is 2.17. The fourth-order valence-corrected chi connectivity index (χ4v) is 3.23. The second-order valence-electron chi connectivity index (χ2n) is 4.88. The summed E-state index contributed by atoms with van der Waals surface area (Å²) >= 11 is 1.82. The molecule has 3 heterocycles. The van der Waals surface area contributed by atoms with Crippen LogP contribution in [0.5, 0.6) is 0 Å². The van der Waals surface area contributed by atoms with Crippen LogP contribution in [0.25, 0.3) is 5.65 Å². The van der Waals surface area contributed by atoms with Gasteiger partial charge in [0, 0.05) is 42.0 Å². The van der Waals surface area contributed by atoms with Crippen LogP contribution in [0.3, 0.4) is 0 Å². The third kappa shape index (κ3) is 2.73. The number of aromatic nitrogens is 3. The highest BCUT2D eigenvalue weighted by Gasteiger charge is 2.03. The van der Waals surface area contributed by atoms with Gasteiger partial charge in [0.1, 0.15) is 0 Å². The smallest absolute Gasteiger partial charge is 0.155 e. The van der Waals surface area contributed by atoms with Gasteiger partial charge in [0.2, 0.25) is 0 Å². The van der Waals surface area contributed by atoms with Crippen molar-refractivity contribution in [1.29, 1.82) is 0 Å². The zero-order chi connectivity index (χ0) is 13.9. The molecule has 0 amide bonds. The molecular weight excluding hydrogens is 268 g/mol. The maximum absolute atomic E-state index is 4.41. The summed E-state index contributed by atoms with van der Waals surface area (Å²) in [5.74, 6) is 0. The Morgan fingerprint density at radius 3 is 3.10 bits per heavy atom. The summed E-state index contributed by atoms with van der Waals surface area (Å²) in [5.41, 5.74) is 4.49. The molecule has 0 radical (unpaired) electrons. The molecule has 3 rings (SSSR count). The molecule has 4 nitrogen and oxygen atoms in total. The van der Waals surface area contributed by atoms with Crippen LogP contribution >= 0.6 is 11.3 Å². The molecule has 0 fully saturated rings. The molecule has 0 unspecified atom stereocenters. The number of thiophene rings is 1. The molecule has 5 heteroatoms. The highest BCUT2D eigenvalue weighted by atomic mass is 32.1. The summed E-state index contributed by atoms with van der Waals surface area (Å²) in [4.78, 5) is 5.84. The second-order valence-corrected chi connectivity index (χ2v) is 5.88. The Labute approximate surface area is 122 Å². The normalized spacial score (nSPS) is 11.3. The lowest BCUT2D eigenvalue weighted by Gasteiger charge is -2.05. The Hall–Kier alpha value is -1.72. The number of nitrogens with zero attached hydrogens (tertiary/aromatic N) is 3. The van der Waals surface area contributed by atoms with Crippen molar-refractivity contribution in [3.8, 4) is 0 Å². The summed E-state index contributed by atoms with van der Waals surface area (Å²) in [6, 6.07) is 4.19. The van der Waals surface area contributed by atoms with Gasteiger partial charge in [-0.1, -0.05) is 6.92 Å². The van der Waals surface area contributed by atoms with Gasteiger partial charge in [-0.3, -0.25) is 0 Å². The Bertz CT molecular complexity index is 714. The fraction of sp³-hybridized carbons (Fsp3) is 0.333. The zero-order valence-electron chi connectivity index (χ0n) is 11.8. The van der Waals surface area contributed by atoms with Gasteiger partial charge < -0.3 is 5.32 Å². The summed E-state index contributed by atoms with van der Waals surface area (Å²) in [6.45, 7) is 5.90. The van der Waals surface area contributed by atoms with E-state index in [1.54, 1.807) is 0 Å². The van der Waals surface area contributed by atoms with Crippen molar-refractivity contribution in [2.45, 2.75) is 33.4 Å². The number of hydrogen-bond donors (Lipinski definition) is 1. The van der Waals surface area contributed by atoms with E-state index in [1.165, 1.54) is 10.4 Å². The minimum Gasteiger partial charge on any atom is -0.308 e. The summed E-state index contributed by atoms with van der Waals surface area (Å²) < 4.78 is 1.84. The van der Waals surface area contributed by atoms with E-state index in [2.05, 4.69) is 33.8 Å². The van der Waals surface area contributed by atoms with Crippen molar-refractivity contribution < 1.29 is 0 Å². The molecule has 104 valence electrons. The summed E-state index contributed by atoms with van der Waals surface area (Å²) in [5, 5.41) is 10.0.